The summed E-state index contributed by atoms with van der Waals surface area (Å²) in [6, 6.07) is 9.80. The Morgan fingerprint density at radius 2 is 1.66 bits per heavy atom. The van der Waals surface area contributed by atoms with E-state index in [2.05, 4.69) is 27.0 Å². The van der Waals surface area contributed by atoms with Gasteiger partial charge in [-0.2, -0.15) is 13.2 Å². The van der Waals surface area contributed by atoms with Crippen LogP contribution in [0.15, 0.2) is 42.7 Å². The quantitative estimate of drug-likeness (QED) is 0.651. The molecule has 2 aromatic rings. The number of morpholine rings is 1. The number of alkyl halides is 3. The predicted octanol–water partition coefficient (Wildman–Crippen LogP) is 3.19. The van der Waals surface area contributed by atoms with Crippen LogP contribution in [-0.2, 0) is 22.2 Å². The number of rotatable bonds is 4. The van der Waals surface area contributed by atoms with Crippen LogP contribution < -0.4 is 4.90 Å². The molecule has 1 amide bonds. The average Bonchev–Trinajstić information content (AvgIpc) is 2.84. The number of anilines is 1. The standard InChI is InChI=1S/C24H28F3N5O3/c25-24(26,27)18-10-28-22(29-11-18)32-19-13-31(14-20(32)16-34-15-19)23(33)35-21-6-8-30(9-7-21)12-17-4-2-1-3-5-17/h1-5,10-11,19-21H,6-9,12-16H2. The predicted molar refractivity (Wildman–Crippen MR) is 121 cm³/mol. The molecule has 3 aliphatic heterocycles. The monoisotopic (exact) mass is 491 g/mol. The van der Waals surface area contributed by atoms with Gasteiger partial charge in [0.1, 0.15) is 6.10 Å². The van der Waals surface area contributed by atoms with Crippen molar-refractivity contribution in [1.82, 2.24) is 19.8 Å². The van der Waals surface area contributed by atoms with Gasteiger partial charge in [0.2, 0.25) is 5.95 Å². The molecule has 35 heavy (non-hydrogen) atoms. The zero-order valence-electron chi connectivity index (χ0n) is 19.2. The van der Waals surface area contributed by atoms with Gasteiger partial charge in [-0.05, 0) is 18.4 Å². The van der Waals surface area contributed by atoms with Crippen LogP contribution >= 0.6 is 0 Å². The summed E-state index contributed by atoms with van der Waals surface area (Å²) in [5.74, 6) is 0.218. The van der Waals surface area contributed by atoms with Crippen LogP contribution in [0.25, 0.3) is 0 Å². The fourth-order valence-electron chi connectivity index (χ4n) is 4.98. The average molecular weight is 492 g/mol. The number of ether oxygens (including phenoxy) is 2. The molecule has 3 saturated heterocycles. The maximum absolute atomic E-state index is 12.9. The minimum absolute atomic E-state index is 0.123. The SMILES string of the molecule is O=C(OC1CCN(Cc2ccccc2)CC1)N1CC2COCC(C1)N2c1ncc(C(F)(F)F)cn1. The van der Waals surface area contributed by atoms with E-state index >= 15 is 0 Å². The van der Waals surface area contributed by atoms with Crippen molar-refractivity contribution in [3.05, 3.63) is 53.9 Å². The fraction of sp³-hybridized carbons (Fsp3) is 0.542. The number of piperidine rings is 1. The van der Waals surface area contributed by atoms with Crippen molar-refractivity contribution in [3.8, 4) is 0 Å². The van der Waals surface area contributed by atoms with Crippen molar-refractivity contribution in [2.45, 2.75) is 43.8 Å². The Kier molecular flexibility index (Phi) is 6.79. The van der Waals surface area contributed by atoms with E-state index < -0.39 is 11.7 Å². The number of nitrogens with zero attached hydrogens (tertiary/aromatic N) is 5. The van der Waals surface area contributed by atoms with E-state index in [9.17, 15) is 18.0 Å². The first-order valence-electron chi connectivity index (χ1n) is 11.8. The van der Waals surface area contributed by atoms with Gasteiger partial charge in [-0.3, -0.25) is 4.90 Å². The number of hydrogen-bond donors (Lipinski definition) is 0. The third kappa shape index (κ3) is 5.51. The Labute approximate surface area is 201 Å². The maximum atomic E-state index is 12.9. The maximum Gasteiger partial charge on any atom is 0.419 e. The van der Waals surface area contributed by atoms with Crippen molar-refractivity contribution in [1.29, 1.82) is 0 Å². The first-order chi connectivity index (χ1) is 16.9. The van der Waals surface area contributed by atoms with E-state index in [1.165, 1.54) is 5.56 Å². The second-order valence-electron chi connectivity index (χ2n) is 9.27. The largest absolute Gasteiger partial charge is 0.446 e. The summed E-state index contributed by atoms with van der Waals surface area (Å²) in [5.41, 5.74) is 0.381. The topological polar surface area (TPSA) is 71.0 Å². The van der Waals surface area contributed by atoms with E-state index in [0.29, 0.717) is 26.3 Å². The summed E-state index contributed by atoms with van der Waals surface area (Å²) in [7, 11) is 0. The van der Waals surface area contributed by atoms with Gasteiger partial charge in [0.05, 0.1) is 30.9 Å². The molecule has 2 bridgehead atoms. The lowest BCUT2D eigenvalue weighted by Gasteiger charge is -2.49. The molecule has 2 unspecified atom stereocenters. The van der Waals surface area contributed by atoms with Gasteiger partial charge in [-0.1, -0.05) is 30.3 Å². The number of benzene rings is 1. The van der Waals surface area contributed by atoms with Crippen molar-refractivity contribution < 1.29 is 27.4 Å². The Bertz CT molecular complexity index is 986. The number of fused-ring (bicyclic) bond motifs is 2. The highest BCUT2D eigenvalue weighted by Gasteiger charge is 2.42. The van der Waals surface area contributed by atoms with Crippen LogP contribution in [0.3, 0.4) is 0 Å². The number of piperazine rings is 1. The molecular weight excluding hydrogens is 463 g/mol. The normalized spacial score (nSPS) is 23.9. The van der Waals surface area contributed by atoms with Gasteiger partial charge in [-0.25, -0.2) is 14.8 Å². The van der Waals surface area contributed by atoms with Crippen LogP contribution in [0.2, 0.25) is 0 Å². The molecule has 0 saturated carbocycles. The van der Waals surface area contributed by atoms with Gasteiger partial charge in [0.25, 0.3) is 0 Å². The molecule has 0 spiro atoms. The van der Waals surface area contributed by atoms with Gasteiger partial charge >= 0.3 is 12.3 Å². The number of carbonyl (C=O) groups is 1. The number of halogens is 3. The second-order valence-corrected chi connectivity index (χ2v) is 9.27. The molecule has 0 radical (unpaired) electrons. The smallest absolute Gasteiger partial charge is 0.419 e. The summed E-state index contributed by atoms with van der Waals surface area (Å²) in [5, 5.41) is 0. The van der Waals surface area contributed by atoms with Crippen molar-refractivity contribution in [2.75, 3.05) is 44.3 Å². The number of aromatic nitrogens is 2. The first-order valence-corrected chi connectivity index (χ1v) is 11.8. The number of hydrogen-bond acceptors (Lipinski definition) is 7. The molecular formula is C24H28F3N5O3. The van der Waals surface area contributed by atoms with Gasteiger partial charge in [-0.15, -0.1) is 0 Å². The van der Waals surface area contributed by atoms with E-state index in [1.54, 1.807) is 4.90 Å². The van der Waals surface area contributed by atoms with Crippen molar-refractivity contribution in [2.24, 2.45) is 0 Å². The lowest BCUT2D eigenvalue weighted by atomic mass is 10.1. The summed E-state index contributed by atoms with van der Waals surface area (Å²) in [4.78, 5) is 26.8. The Morgan fingerprint density at radius 3 is 2.26 bits per heavy atom. The van der Waals surface area contributed by atoms with Crippen LogP contribution in [0.4, 0.5) is 23.9 Å². The Morgan fingerprint density at radius 1 is 1.03 bits per heavy atom. The summed E-state index contributed by atoms with van der Waals surface area (Å²) in [6.07, 6.45) is -1.80. The second kappa shape index (κ2) is 9.98. The first kappa shape index (κ1) is 23.8. The molecule has 2 atom stereocenters. The highest BCUT2D eigenvalue weighted by molar-refractivity contribution is 5.68. The van der Waals surface area contributed by atoms with Crippen molar-refractivity contribution >= 4 is 12.0 Å². The molecule has 0 N–H and O–H groups in total. The molecule has 3 fully saturated rings. The van der Waals surface area contributed by atoms with E-state index in [-0.39, 0.29) is 30.2 Å². The Hall–Kier alpha value is -2.92. The van der Waals surface area contributed by atoms with Crippen molar-refractivity contribution in [3.63, 3.8) is 0 Å². The minimum atomic E-state index is -4.49. The summed E-state index contributed by atoms with van der Waals surface area (Å²) in [6.45, 7) is 3.97. The third-order valence-electron chi connectivity index (χ3n) is 6.78. The van der Waals surface area contributed by atoms with Gasteiger partial charge < -0.3 is 19.3 Å². The lowest BCUT2D eigenvalue weighted by molar-refractivity contribution is -0.138. The van der Waals surface area contributed by atoms with Crippen LogP contribution in [-0.4, -0.2) is 83.4 Å². The molecule has 8 nitrogen and oxygen atoms in total. The zero-order valence-corrected chi connectivity index (χ0v) is 19.2. The van der Waals surface area contributed by atoms with Gasteiger partial charge in [0.15, 0.2) is 0 Å². The van der Waals surface area contributed by atoms with E-state index in [4.69, 9.17) is 9.47 Å². The molecule has 5 rings (SSSR count). The molecule has 3 aliphatic rings. The summed E-state index contributed by atoms with van der Waals surface area (Å²) >= 11 is 0. The highest BCUT2D eigenvalue weighted by atomic mass is 19.4. The number of likely N-dealkylation sites (tertiary alicyclic amines) is 1. The van der Waals surface area contributed by atoms with Gasteiger partial charge in [0, 0.05) is 45.1 Å². The molecule has 4 heterocycles. The zero-order chi connectivity index (χ0) is 24.4. The highest BCUT2D eigenvalue weighted by Crippen LogP contribution is 2.31. The molecule has 11 heteroatoms. The Balaban J connectivity index is 1.15. The molecule has 188 valence electrons. The summed E-state index contributed by atoms with van der Waals surface area (Å²) < 4.78 is 50.1. The van der Waals surface area contributed by atoms with E-state index in [0.717, 1.165) is 44.9 Å². The fourth-order valence-corrected chi connectivity index (χ4v) is 4.98. The van der Waals surface area contributed by atoms with Crippen LogP contribution in [0.5, 0.6) is 0 Å². The minimum Gasteiger partial charge on any atom is -0.446 e. The molecule has 1 aromatic heterocycles. The number of carbonyl (C=O) groups excluding carboxylic acids is 1. The third-order valence-corrected chi connectivity index (χ3v) is 6.78. The molecule has 0 aliphatic carbocycles. The molecule has 1 aromatic carbocycles. The lowest BCUT2D eigenvalue weighted by Crippen LogP contribution is -2.66. The van der Waals surface area contributed by atoms with Crippen LogP contribution in [0, 0.1) is 0 Å². The number of amides is 1. The van der Waals surface area contributed by atoms with Crippen LogP contribution in [0.1, 0.15) is 24.0 Å². The van der Waals surface area contributed by atoms with E-state index in [1.807, 2.05) is 23.1 Å².